The Morgan fingerprint density at radius 3 is 2.89 bits per heavy atom. The molecule has 6 heteroatoms. The second kappa shape index (κ2) is 6.32. The van der Waals surface area contributed by atoms with Crippen LogP contribution in [0.1, 0.15) is 31.2 Å². The molecule has 0 amide bonds. The number of nitrogens with two attached hydrogens (primary N) is 1. The van der Waals surface area contributed by atoms with Crippen molar-refractivity contribution >= 4 is 17.3 Å². The normalized spacial score (nSPS) is 23.3. The van der Waals surface area contributed by atoms with Gasteiger partial charge in [-0.2, -0.15) is 0 Å². The van der Waals surface area contributed by atoms with Crippen LogP contribution in [0, 0.1) is 10.1 Å². The lowest BCUT2D eigenvalue weighted by Crippen LogP contribution is -2.32. The van der Waals surface area contributed by atoms with E-state index >= 15 is 0 Å². The molecule has 0 aromatic heterocycles. The fraction of sp³-hybridized carbons (Fsp3) is 0.538. The lowest BCUT2D eigenvalue weighted by Gasteiger charge is -2.26. The van der Waals surface area contributed by atoms with Crippen molar-refractivity contribution < 1.29 is 9.66 Å². The zero-order valence-corrected chi connectivity index (χ0v) is 11.3. The molecule has 1 aromatic carbocycles. The molecule has 0 spiro atoms. The standard InChI is InChI=1S/C13H17ClN2O3/c14-13-7-11(16(17)18)5-4-9(13)8-19-12-3-1-2-10(15)6-12/h4-5,7,10,12H,1-3,6,8,15H2. The monoisotopic (exact) mass is 284 g/mol. The SMILES string of the molecule is NC1CCCC(OCc2ccc([N+](=O)[O-])cc2Cl)C1. The van der Waals surface area contributed by atoms with Gasteiger partial charge in [0.1, 0.15) is 0 Å². The van der Waals surface area contributed by atoms with Crippen molar-refractivity contribution in [1.29, 1.82) is 0 Å². The van der Waals surface area contributed by atoms with Crippen LogP contribution in [0.4, 0.5) is 5.69 Å². The van der Waals surface area contributed by atoms with Gasteiger partial charge in [0.25, 0.3) is 5.69 Å². The van der Waals surface area contributed by atoms with Crippen LogP contribution >= 0.6 is 11.6 Å². The summed E-state index contributed by atoms with van der Waals surface area (Å²) in [7, 11) is 0. The van der Waals surface area contributed by atoms with E-state index in [9.17, 15) is 10.1 Å². The predicted molar refractivity (Wildman–Crippen MR) is 73.1 cm³/mol. The van der Waals surface area contributed by atoms with E-state index in [1.807, 2.05) is 0 Å². The summed E-state index contributed by atoms with van der Waals surface area (Å²) in [4.78, 5) is 10.1. The van der Waals surface area contributed by atoms with Gasteiger partial charge >= 0.3 is 0 Å². The number of nitro benzene ring substituents is 1. The summed E-state index contributed by atoms with van der Waals surface area (Å²) in [6.45, 7) is 0.369. The van der Waals surface area contributed by atoms with Crippen molar-refractivity contribution in [2.75, 3.05) is 0 Å². The molecule has 0 aliphatic heterocycles. The van der Waals surface area contributed by atoms with Gasteiger partial charge in [0.2, 0.25) is 0 Å². The maximum atomic E-state index is 10.6. The van der Waals surface area contributed by atoms with Crippen LogP contribution in [0.3, 0.4) is 0 Å². The lowest BCUT2D eigenvalue weighted by atomic mass is 9.93. The third-order valence-corrected chi connectivity index (χ3v) is 3.74. The Kier molecular flexibility index (Phi) is 4.74. The summed E-state index contributed by atoms with van der Waals surface area (Å²) in [5, 5.41) is 11.0. The maximum Gasteiger partial charge on any atom is 0.270 e. The molecule has 19 heavy (non-hydrogen) atoms. The Morgan fingerprint density at radius 2 is 2.26 bits per heavy atom. The average molecular weight is 285 g/mol. The number of nitro groups is 1. The first-order chi connectivity index (χ1) is 9.06. The molecule has 5 nitrogen and oxygen atoms in total. The van der Waals surface area contributed by atoms with Crippen molar-refractivity contribution in [1.82, 2.24) is 0 Å². The van der Waals surface area contributed by atoms with Crippen LogP contribution < -0.4 is 5.73 Å². The summed E-state index contributed by atoms with van der Waals surface area (Å²) >= 11 is 6.01. The number of non-ortho nitro benzene ring substituents is 1. The van der Waals surface area contributed by atoms with E-state index in [2.05, 4.69) is 0 Å². The van der Waals surface area contributed by atoms with Crippen LogP contribution in [0.25, 0.3) is 0 Å². The highest BCUT2D eigenvalue weighted by Gasteiger charge is 2.20. The van der Waals surface area contributed by atoms with E-state index in [0.717, 1.165) is 31.2 Å². The Labute approximate surface area is 116 Å². The number of nitrogens with zero attached hydrogens (tertiary/aromatic N) is 1. The summed E-state index contributed by atoms with van der Waals surface area (Å²) < 4.78 is 5.79. The Balaban J connectivity index is 1.94. The zero-order chi connectivity index (χ0) is 13.8. The Morgan fingerprint density at radius 1 is 1.47 bits per heavy atom. The predicted octanol–water partition coefficient (Wildman–Crippen LogP) is 3.03. The molecule has 104 valence electrons. The van der Waals surface area contributed by atoms with Crippen LogP contribution in [-0.4, -0.2) is 17.1 Å². The Bertz CT molecular complexity index is 467. The molecule has 2 unspecified atom stereocenters. The number of hydrogen-bond acceptors (Lipinski definition) is 4. The molecule has 2 N–H and O–H groups in total. The zero-order valence-electron chi connectivity index (χ0n) is 10.5. The quantitative estimate of drug-likeness (QED) is 0.681. The summed E-state index contributed by atoms with van der Waals surface area (Å²) in [6, 6.07) is 4.65. The van der Waals surface area contributed by atoms with Crippen molar-refractivity contribution in [3.8, 4) is 0 Å². The second-order valence-corrected chi connectivity index (χ2v) is 5.30. The molecule has 2 atom stereocenters. The van der Waals surface area contributed by atoms with Crippen LogP contribution in [-0.2, 0) is 11.3 Å². The number of benzene rings is 1. The van der Waals surface area contributed by atoms with E-state index < -0.39 is 4.92 Å². The van der Waals surface area contributed by atoms with Gasteiger partial charge in [-0.1, -0.05) is 11.6 Å². The summed E-state index contributed by atoms with van der Waals surface area (Å²) in [6.07, 6.45) is 4.18. The third kappa shape index (κ3) is 3.89. The largest absolute Gasteiger partial charge is 0.373 e. The van der Waals surface area contributed by atoms with Gasteiger partial charge < -0.3 is 10.5 Å². The van der Waals surface area contributed by atoms with Gasteiger partial charge in [0.15, 0.2) is 0 Å². The minimum absolute atomic E-state index is 0.00608. The molecule has 0 bridgehead atoms. The van der Waals surface area contributed by atoms with Crippen molar-refractivity contribution in [2.24, 2.45) is 5.73 Å². The molecule has 1 aliphatic carbocycles. The van der Waals surface area contributed by atoms with Crippen molar-refractivity contribution in [3.05, 3.63) is 38.9 Å². The van der Waals surface area contributed by atoms with E-state index in [1.54, 1.807) is 6.07 Å². The molecule has 0 heterocycles. The number of ether oxygens (including phenoxy) is 1. The fourth-order valence-electron chi connectivity index (χ4n) is 2.31. The van der Waals surface area contributed by atoms with Gasteiger partial charge in [-0.15, -0.1) is 0 Å². The van der Waals surface area contributed by atoms with E-state index in [1.165, 1.54) is 12.1 Å². The van der Waals surface area contributed by atoms with Crippen molar-refractivity contribution in [3.63, 3.8) is 0 Å². The van der Waals surface area contributed by atoms with Gasteiger partial charge in [-0.3, -0.25) is 10.1 Å². The maximum absolute atomic E-state index is 10.6. The first kappa shape index (κ1) is 14.2. The molecule has 0 saturated heterocycles. The number of halogens is 1. The molecule has 2 rings (SSSR count). The van der Waals surface area contributed by atoms with Crippen LogP contribution in [0.15, 0.2) is 18.2 Å². The first-order valence-electron chi connectivity index (χ1n) is 6.36. The number of hydrogen-bond donors (Lipinski definition) is 1. The Hall–Kier alpha value is -1.17. The molecule has 1 aromatic rings. The van der Waals surface area contributed by atoms with Gasteiger partial charge in [-0.25, -0.2) is 0 Å². The second-order valence-electron chi connectivity index (χ2n) is 4.89. The van der Waals surface area contributed by atoms with Gasteiger partial charge in [0, 0.05) is 18.2 Å². The average Bonchev–Trinajstić information content (AvgIpc) is 2.37. The molecule has 1 saturated carbocycles. The highest BCUT2D eigenvalue weighted by Crippen LogP contribution is 2.25. The third-order valence-electron chi connectivity index (χ3n) is 3.39. The van der Waals surface area contributed by atoms with E-state index in [4.69, 9.17) is 22.1 Å². The minimum Gasteiger partial charge on any atom is -0.373 e. The summed E-state index contributed by atoms with van der Waals surface area (Å²) in [5.41, 5.74) is 6.66. The fourth-order valence-corrected chi connectivity index (χ4v) is 2.54. The summed E-state index contributed by atoms with van der Waals surface area (Å²) in [5.74, 6) is 0. The van der Waals surface area contributed by atoms with Gasteiger partial charge in [-0.05, 0) is 37.3 Å². The van der Waals surface area contributed by atoms with Crippen LogP contribution in [0.2, 0.25) is 5.02 Å². The molecule has 1 fully saturated rings. The lowest BCUT2D eigenvalue weighted by molar-refractivity contribution is -0.384. The molecule has 1 aliphatic rings. The topological polar surface area (TPSA) is 78.4 Å². The van der Waals surface area contributed by atoms with E-state index in [0.29, 0.717) is 11.6 Å². The van der Waals surface area contributed by atoms with Crippen LogP contribution in [0.5, 0.6) is 0 Å². The smallest absolute Gasteiger partial charge is 0.270 e. The van der Waals surface area contributed by atoms with Gasteiger partial charge in [0.05, 0.1) is 22.7 Å². The molecule has 0 radical (unpaired) electrons. The molecular weight excluding hydrogens is 268 g/mol. The van der Waals surface area contributed by atoms with Crippen molar-refractivity contribution in [2.45, 2.75) is 44.4 Å². The minimum atomic E-state index is -0.462. The highest BCUT2D eigenvalue weighted by atomic mass is 35.5. The highest BCUT2D eigenvalue weighted by molar-refractivity contribution is 6.31. The molecular formula is C13H17ClN2O3. The van der Waals surface area contributed by atoms with E-state index in [-0.39, 0.29) is 17.8 Å². The number of rotatable bonds is 4. The first-order valence-corrected chi connectivity index (χ1v) is 6.74.